The lowest BCUT2D eigenvalue weighted by Crippen LogP contribution is -2.27. The topological polar surface area (TPSA) is 91.4 Å². The number of carbonyl (C=O) groups excluding carboxylic acids is 1. The van der Waals surface area contributed by atoms with Gasteiger partial charge in [0, 0.05) is 38.7 Å². The fourth-order valence-electron chi connectivity index (χ4n) is 1.54. The lowest BCUT2D eigenvalue weighted by atomic mass is 10.2. The molecule has 0 saturated carbocycles. The number of hydrogen-bond acceptors (Lipinski definition) is 5. The summed E-state index contributed by atoms with van der Waals surface area (Å²) < 4.78 is 12.5. The maximum Gasteiger partial charge on any atom is 0.245 e. The van der Waals surface area contributed by atoms with Crippen LogP contribution in [0, 0.1) is 0 Å². The number of nitrogens with two attached hydrogens (primary N) is 1. The summed E-state index contributed by atoms with van der Waals surface area (Å²) in [7, 11) is 1.58. The van der Waals surface area contributed by atoms with Crippen molar-refractivity contribution < 1.29 is 14.3 Å². The van der Waals surface area contributed by atoms with Crippen LogP contribution in [0.1, 0.15) is 12.8 Å². The summed E-state index contributed by atoms with van der Waals surface area (Å²) in [5.74, 6) is -0.125. The van der Waals surface area contributed by atoms with E-state index in [9.17, 15) is 4.79 Å². The molecule has 114 valence electrons. The average molecular weight is 284 g/mol. The van der Waals surface area contributed by atoms with Crippen LogP contribution in [-0.4, -0.2) is 55.2 Å². The summed E-state index contributed by atoms with van der Waals surface area (Å²) in [6.07, 6.45) is 5.15. The van der Waals surface area contributed by atoms with E-state index >= 15 is 0 Å². The Kier molecular flexibility index (Phi) is 8.61. The van der Waals surface area contributed by atoms with Gasteiger partial charge in [0.1, 0.15) is 6.61 Å². The minimum atomic E-state index is -0.125. The number of amides is 1. The van der Waals surface area contributed by atoms with Gasteiger partial charge >= 0.3 is 0 Å². The highest BCUT2D eigenvalue weighted by Crippen LogP contribution is 1.97. The van der Waals surface area contributed by atoms with Gasteiger partial charge in [-0.2, -0.15) is 5.10 Å². The molecule has 1 atom stereocenters. The zero-order valence-corrected chi connectivity index (χ0v) is 12.0. The fourth-order valence-corrected chi connectivity index (χ4v) is 1.54. The van der Waals surface area contributed by atoms with Gasteiger partial charge in [0.25, 0.3) is 0 Å². The average Bonchev–Trinajstić information content (AvgIpc) is 2.96. The van der Waals surface area contributed by atoms with E-state index in [0.717, 1.165) is 19.4 Å². The normalized spacial score (nSPS) is 12.3. The van der Waals surface area contributed by atoms with E-state index in [1.807, 2.05) is 16.9 Å². The Hall–Kier alpha value is -1.44. The molecular formula is C13H24N4O3. The van der Waals surface area contributed by atoms with Crippen LogP contribution in [0.2, 0.25) is 0 Å². The van der Waals surface area contributed by atoms with E-state index in [4.69, 9.17) is 15.2 Å². The van der Waals surface area contributed by atoms with Crippen LogP contribution in [-0.2, 0) is 20.8 Å². The third kappa shape index (κ3) is 7.88. The predicted octanol–water partition coefficient (Wildman–Crippen LogP) is -0.230. The molecule has 1 aromatic rings. The van der Waals surface area contributed by atoms with Crippen molar-refractivity contribution >= 4 is 5.91 Å². The van der Waals surface area contributed by atoms with Crippen LogP contribution >= 0.6 is 0 Å². The van der Waals surface area contributed by atoms with E-state index < -0.39 is 0 Å². The Labute approximate surface area is 119 Å². The Bertz CT molecular complexity index is 357. The predicted molar refractivity (Wildman–Crippen MR) is 75.1 cm³/mol. The van der Waals surface area contributed by atoms with Crippen molar-refractivity contribution in [2.45, 2.75) is 25.4 Å². The number of rotatable bonds is 11. The summed E-state index contributed by atoms with van der Waals surface area (Å²) in [5.41, 5.74) is 5.92. The monoisotopic (exact) mass is 284 g/mol. The van der Waals surface area contributed by atoms with Crippen LogP contribution in [0.5, 0.6) is 0 Å². The molecule has 0 radical (unpaired) electrons. The number of likely N-dealkylation sites (N-methyl/N-ethyl adjacent to an activating group) is 1. The van der Waals surface area contributed by atoms with Gasteiger partial charge < -0.3 is 20.5 Å². The van der Waals surface area contributed by atoms with Gasteiger partial charge in [-0.1, -0.05) is 0 Å². The molecule has 1 aromatic heterocycles. The molecule has 0 bridgehead atoms. The molecule has 1 heterocycles. The maximum atomic E-state index is 10.9. The van der Waals surface area contributed by atoms with Crippen molar-refractivity contribution in [2.24, 2.45) is 5.73 Å². The lowest BCUT2D eigenvalue weighted by molar-refractivity contribution is -0.125. The molecule has 1 rings (SSSR count). The molecule has 3 N–H and O–H groups in total. The van der Waals surface area contributed by atoms with Crippen LogP contribution in [0.3, 0.4) is 0 Å². The second-order valence-corrected chi connectivity index (χ2v) is 4.44. The van der Waals surface area contributed by atoms with Crippen molar-refractivity contribution in [1.82, 2.24) is 15.1 Å². The zero-order chi connectivity index (χ0) is 14.6. The molecule has 0 aliphatic heterocycles. The van der Waals surface area contributed by atoms with Crippen LogP contribution in [0.4, 0.5) is 0 Å². The number of nitrogens with one attached hydrogen (secondary N) is 1. The summed E-state index contributed by atoms with van der Waals surface area (Å²) in [4.78, 5) is 10.9. The van der Waals surface area contributed by atoms with E-state index in [-0.39, 0.29) is 18.6 Å². The van der Waals surface area contributed by atoms with Crippen molar-refractivity contribution in [2.75, 3.05) is 33.5 Å². The molecule has 0 aromatic carbocycles. The van der Waals surface area contributed by atoms with Crippen LogP contribution in [0.15, 0.2) is 18.5 Å². The highest BCUT2D eigenvalue weighted by atomic mass is 16.5. The Morgan fingerprint density at radius 3 is 2.75 bits per heavy atom. The van der Waals surface area contributed by atoms with Crippen molar-refractivity contribution in [1.29, 1.82) is 0 Å². The van der Waals surface area contributed by atoms with Crippen molar-refractivity contribution in [3.05, 3.63) is 18.5 Å². The number of ether oxygens (including phenoxy) is 2. The maximum absolute atomic E-state index is 10.9. The molecule has 0 saturated heterocycles. The molecule has 0 spiro atoms. The first-order valence-corrected chi connectivity index (χ1v) is 6.81. The third-order valence-corrected chi connectivity index (χ3v) is 2.80. The van der Waals surface area contributed by atoms with Gasteiger partial charge in [0.15, 0.2) is 0 Å². The van der Waals surface area contributed by atoms with E-state index in [1.54, 1.807) is 13.2 Å². The Morgan fingerprint density at radius 2 is 2.10 bits per heavy atom. The first kappa shape index (κ1) is 16.6. The van der Waals surface area contributed by atoms with Crippen molar-refractivity contribution in [3.63, 3.8) is 0 Å². The summed E-state index contributed by atoms with van der Waals surface area (Å²) >= 11 is 0. The van der Waals surface area contributed by atoms with Gasteiger partial charge in [-0.15, -0.1) is 0 Å². The zero-order valence-electron chi connectivity index (χ0n) is 12.0. The fraction of sp³-hybridized carbons (Fsp3) is 0.692. The second-order valence-electron chi connectivity index (χ2n) is 4.44. The number of nitrogens with zero attached hydrogens (tertiary/aromatic N) is 2. The summed E-state index contributed by atoms with van der Waals surface area (Å²) in [6.45, 7) is 2.57. The molecular weight excluding hydrogens is 260 g/mol. The highest BCUT2D eigenvalue weighted by Gasteiger charge is 2.04. The molecule has 0 aliphatic carbocycles. The van der Waals surface area contributed by atoms with Crippen LogP contribution < -0.4 is 11.1 Å². The molecule has 1 amide bonds. The van der Waals surface area contributed by atoms with E-state index in [1.165, 1.54) is 0 Å². The molecule has 7 nitrogen and oxygen atoms in total. The first-order valence-electron chi connectivity index (χ1n) is 6.81. The second kappa shape index (κ2) is 10.4. The summed E-state index contributed by atoms with van der Waals surface area (Å²) in [5, 5.41) is 6.57. The van der Waals surface area contributed by atoms with Gasteiger partial charge in [0.2, 0.25) is 5.91 Å². The number of aromatic nitrogens is 2. The lowest BCUT2D eigenvalue weighted by Gasteiger charge is -2.12. The van der Waals surface area contributed by atoms with E-state index in [2.05, 4.69) is 10.4 Å². The summed E-state index contributed by atoms with van der Waals surface area (Å²) in [6, 6.07) is 1.92. The Balaban J connectivity index is 1.89. The number of carbonyl (C=O) groups is 1. The standard InChI is InChI=1S/C13H24N4O3/c1-15-13(18)11-20-9-4-12(14)3-8-19-10-7-17-6-2-5-16-17/h2,5-6,12H,3-4,7-11,14H2,1H3,(H,15,18). The smallest absolute Gasteiger partial charge is 0.245 e. The largest absolute Gasteiger partial charge is 0.379 e. The van der Waals surface area contributed by atoms with Crippen LogP contribution in [0.25, 0.3) is 0 Å². The molecule has 20 heavy (non-hydrogen) atoms. The first-order chi connectivity index (χ1) is 9.72. The minimum absolute atomic E-state index is 0.0318. The van der Waals surface area contributed by atoms with E-state index in [0.29, 0.717) is 19.8 Å². The third-order valence-electron chi connectivity index (χ3n) is 2.80. The SMILES string of the molecule is CNC(=O)COCCC(N)CCOCCn1cccn1. The van der Waals surface area contributed by atoms with Gasteiger partial charge in [-0.3, -0.25) is 9.48 Å². The molecule has 0 fully saturated rings. The molecule has 7 heteroatoms. The Morgan fingerprint density at radius 1 is 1.35 bits per heavy atom. The van der Waals surface area contributed by atoms with Gasteiger partial charge in [-0.25, -0.2) is 0 Å². The molecule has 0 aliphatic rings. The highest BCUT2D eigenvalue weighted by molar-refractivity contribution is 5.76. The number of hydrogen-bond donors (Lipinski definition) is 2. The van der Waals surface area contributed by atoms with Crippen molar-refractivity contribution in [3.8, 4) is 0 Å². The van der Waals surface area contributed by atoms with Gasteiger partial charge in [0.05, 0.1) is 13.2 Å². The minimum Gasteiger partial charge on any atom is -0.379 e. The molecule has 1 unspecified atom stereocenters. The van der Waals surface area contributed by atoms with Gasteiger partial charge in [-0.05, 0) is 18.9 Å². The quantitative estimate of drug-likeness (QED) is 0.548.